The van der Waals surface area contributed by atoms with E-state index in [2.05, 4.69) is 10.6 Å². The highest BCUT2D eigenvalue weighted by Gasteiger charge is 2.32. The molecule has 2 aromatic rings. The van der Waals surface area contributed by atoms with E-state index in [1.807, 2.05) is 19.0 Å². The zero-order valence-corrected chi connectivity index (χ0v) is 23.6. The van der Waals surface area contributed by atoms with Crippen LogP contribution in [-0.2, 0) is 14.3 Å². The van der Waals surface area contributed by atoms with Gasteiger partial charge in [-0.1, -0.05) is 11.6 Å². The Kier molecular flexibility index (Phi) is 10.4. The number of methoxy groups -OCH3 is 2. The van der Waals surface area contributed by atoms with E-state index in [-0.39, 0.29) is 47.7 Å². The van der Waals surface area contributed by atoms with E-state index in [9.17, 15) is 14.4 Å². The molecule has 1 aliphatic heterocycles. The van der Waals surface area contributed by atoms with Crippen molar-refractivity contribution in [1.29, 1.82) is 0 Å². The number of anilines is 3. The van der Waals surface area contributed by atoms with Gasteiger partial charge in [-0.25, -0.2) is 4.79 Å². The normalized spacial score (nSPS) is 17.3. The molecule has 2 amide bonds. The second kappa shape index (κ2) is 13.5. The van der Waals surface area contributed by atoms with Gasteiger partial charge in [0.05, 0.1) is 59.9 Å². The van der Waals surface area contributed by atoms with E-state index in [1.54, 1.807) is 37.1 Å². The summed E-state index contributed by atoms with van der Waals surface area (Å²) in [4.78, 5) is 41.9. The van der Waals surface area contributed by atoms with Crippen molar-refractivity contribution >= 4 is 46.4 Å². The molecular formula is C27H36ClN5O6. The first-order chi connectivity index (χ1) is 18.6. The summed E-state index contributed by atoms with van der Waals surface area (Å²) in [5.74, 6) is -0.653. The molecule has 0 aromatic heterocycles. The van der Waals surface area contributed by atoms with Crippen molar-refractivity contribution in [2.45, 2.75) is 25.5 Å². The Balaban J connectivity index is 1.61. The number of hydrogen-bond donors (Lipinski definition) is 3. The average molecular weight is 562 g/mol. The third-order valence-corrected chi connectivity index (χ3v) is 6.78. The maximum Gasteiger partial charge on any atom is 0.340 e. The second-order valence-electron chi connectivity index (χ2n) is 9.35. The zero-order valence-electron chi connectivity index (χ0n) is 22.9. The summed E-state index contributed by atoms with van der Waals surface area (Å²) in [7, 11) is 6.66. The molecule has 0 saturated carbocycles. The number of nitrogen functional groups attached to an aromatic ring is 1. The molecule has 1 saturated heterocycles. The number of nitrogens with two attached hydrogens (primary N) is 1. The molecular weight excluding hydrogens is 526 g/mol. The number of carbonyl (C=O) groups excluding carboxylic acids is 3. The van der Waals surface area contributed by atoms with Gasteiger partial charge in [0, 0.05) is 46.0 Å². The Labute approximate surface area is 233 Å². The van der Waals surface area contributed by atoms with E-state index in [0.717, 1.165) is 0 Å². The topological polar surface area (TPSA) is 135 Å². The molecule has 4 N–H and O–H groups in total. The zero-order chi connectivity index (χ0) is 28.7. The summed E-state index contributed by atoms with van der Waals surface area (Å²) in [6.07, 6.45) is 0.233. The van der Waals surface area contributed by atoms with Crippen molar-refractivity contribution in [1.82, 2.24) is 10.2 Å². The molecule has 12 heteroatoms. The number of rotatable bonds is 10. The van der Waals surface area contributed by atoms with Gasteiger partial charge >= 0.3 is 5.97 Å². The first-order valence-corrected chi connectivity index (χ1v) is 12.9. The molecule has 39 heavy (non-hydrogen) atoms. The molecule has 0 aliphatic carbocycles. The van der Waals surface area contributed by atoms with Gasteiger partial charge in [0.25, 0.3) is 5.91 Å². The number of piperidine rings is 1. The molecule has 11 nitrogen and oxygen atoms in total. The standard InChI is InChI=1S/C27H36ClN5O6/c1-6-39-27(36)17-8-7-16(11-22(17)32(2)3)30-25(34)15-33-10-9-21(24(14-33)38-5)31-26(35)18-12-19(28)20(29)13-23(18)37-4/h7-8,11-13,21,24H,6,9-10,14-15,29H2,1-5H3,(H,30,34)(H,31,35)/t21-,24+/m1/s1. The van der Waals surface area contributed by atoms with Crippen LogP contribution >= 0.6 is 11.6 Å². The van der Waals surface area contributed by atoms with Crippen molar-refractivity contribution in [2.24, 2.45) is 0 Å². The molecule has 0 radical (unpaired) electrons. The van der Waals surface area contributed by atoms with Crippen molar-refractivity contribution in [3.05, 3.63) is 46.5 Å². The highest BCUT2D eigenvalue weighted by molar-refractivity contribution is 6.33. The SMILES string of the molecule is CCOC(=O)c1ccc(NC(=O)CN2CC[C@@H](NC(=O)c3cc(Cl)c(N)cc3OC)[C@@H](OC)C2)cc1N(C)C. The van der Waals surface area contributed by atoms with E-state index >= 15 is 0 Å². The Morgan fingerprint density at radius 3 is 2.54 bits per heavy atom. The third-order valence-electron chi connectivity index (χ3n) is 6.45. The lowest BCUT2D eigenvalue weighted by molar-refractivity contribution is -0.118. The van der Waals surface area contributed by atoms with E-state index in [1.165, 1.54) is 19.2 Å². The monoisotopic (exact) mass is 561 g/mol. The van der Waals surface area contributed by atoms with Crippen LogP contribution in [0.3, 0.4) is 0 Å². The van der Waals surface area contributed by atoms with Gasteiger partial charge in [-0.2, -0.15) is 0 Å². The average Bonchev–Trinajstić information content (AvgIpc) is 2.90. The van der Waals surface area contributed by atoms with E-state index in [0.29, 0.717) is 47.9 Å². The van der Waals surface area contributed by atoms with Crippen LogP contribution in [0.5, 0.6) is 5.75 Å². The maximum atomic E-state index is 13.0. The lowest BCUT2D eigenvalue weighted by Crippen LogP contribution is -2.55. The van der Waals surface area contributed by atoms with Gasteiger partial charge in [0.2, 0.25) is 5.91 Å². The summed E-state index contributed by atoms with van der Waals surface area (Å²) < 4.78 is 16.1. The molecule has 1 fully saturated rings. The van der Waals surface area contributed by atoms with Gasteiger partial charge in [0.15, 0.2) is 0 Å². The molecule has 1 heterocycles. The predicted octanol–water partition coefficient (Wildman–Crippen LogP) is 2.63. The van der Waals surface area contributed by atoms with Gasteiger partial charge in [-0.15, -0.1) is 0 Å². The molecule has 0 bridgehead atoms. The maximum absolute atomic E-state index is 13.0. The van der Waals surface area contributed by atoms with Crippen molar-refractivity contribution in [3.63, 3.8) is 0 Å². The van der Waals surface area contributed by atoms with Crippen molar-refractivity contribution in [3.8, 4) is 5.75 Å². The number of ether oxygens (including phenoxy) is 3. The van der Waals surface area contributed by atoms with E-state index < -0.39 is 5.97 Å². The van der Waals surface area contributed by atoms with Crippen molar-refractivity contribution in [2.75, 3.05) is 70.5 Å². The number of likely N-dealkylation sites (tertiary alicyclic amines) is 1. The largest absolute Gasteiger partial charge is 0.496 e. The van der Waals surface area contributed by atoms with Crippen LogP contribution < -0.4 is 26.0 Å². The Hall–Kier alpha value is -3.54. The molecule has 0 unspecified atom stereocenters. The van der Waals surface area contributed by atoms with Gasteiger partial charge in [-0.3, -0.25) is 14.5 Å². The number of nitrogens with zero attached hydrogens (tertiary/aromatic N) is 2. The van der Waals surface area contributed by atoms with E-state index in [4.69, 9.17) is 31.5 Å². The number of carbonyl (C=O) groups is 3. The van der Waals surface area contributed by atoms with Crippen LogP contribution in [0, 0.1) is 0 Å². The predicted molar refractivity (Wildman–Crippen MR) is 151 cm³/mol. The third kappa shape index (κ3) is 7.53. The molecule has 1 aliphatic rings. The summed E-state index contributed by atoms with van der Waals surface area (Å²) in [5, 5.41) is 6.16. The minimum atomic E-state index is -0.419. The van der Waals surface area contributed by atoms with Crippen LogP contribution in [0.1, 0.15) is 34.1 Å². The van der Waals surface area contributed by atoms with Gasteiger partial charge < -0.3 is 35.5 Å². The van der Waals surface area contributed by atoms with Gasteiger partial charge in [-0.05, 0) is 37.6 Å². The molecule has 212 valence electrons. The number of halogens is 1. The molecule has 2 aromatic carbocycles. The first kappa shape index (κ1) is 30.0. The summed E-state index contributed by atoms with van der Waals surface area (Å²) in [5.41, 5.74) is 8.05. The number of nitrogens with one attached hydrogen (secondary N) is 2. The highest BCUT2D eigenvalue weighted by atomic mass is 35.5. The van der Waals surface area contributed by atoms with Crippen LogP contribution in [0.15, 0.2) is 30.3 Å². The van der Waals surface area contributed by atoms with Gasteiger partial charge in [0.1, 0.15) is 5.75 Å². The lowest BCUT2D eigenvalue weighted by atomic mass is 10.0. The Morgan fingerprint density at radius 2 is 1.90 bits per heavy atom. The quantitative estimate of drug-likeness (QED) is 0.295. The first-order valence-electron chi connectivity index (χ1n) is 12.5. The summed E-state index contributed by atoms with van der Waals surface area (Å²) >= 11 is 6.12. The number of benzene rings is 2. The lowest BCUT2D eigenvalue weighted by Gasteiger charge is -2.37. The fourth-order valence-corrected chi connectivity index (χ4v) is 4.62. The fraction of sp³-hybridized carbons (Fsp3) is 0.444. The minimum absolute atomic E-state index is 0.138. The Bertz CT molecular complexity index is 1210. The number of esters is 1. The van der Waals surface area contributed by atoms with Crippen molar-refractivity contribution < 1.29 is 28.6 Å². The Morgan fingerprint density at radius 1 is 1.15 bits per heavy atom. The number of hydrogen-bond acceptors (Lipinski definition) is 9. The smallest absolute Gasteiger partial charge is 0.340 e. The minimum Gasteiger partial charge on any atom is -0.496 e. The van der Waals surface area contributed by atoms with Crippen LogP contribution in [0.4, 0.5) is 17.1 Å². The fourth-order valence-electron chi connectivity index (χ4n) is 4.45. The summed E-state index contributed by atoms with van der Waals surface area (Å²) in [6, 6.07) is 7.77. The molecule has 3 rings (SSSR count). The molecule has 2 atom stereocenters. The second-order valence-corrected chi connectivity index (χ2v) is 9.75. The summed E-state index contributed by atoms with van der Waals surface area (Å²) in [6.45, 7) is 3.18. The van der Waals surface area contributed by atoms with Crippen LogP contribution in [-0.4, -0.2) is 89.4 Å². The number of amides is 2. The molecule has 0 spiro atoms. The van der Waals surface area contributed by atoms with Crippen LogP contribution in [0.25, 0.3) is 0 Å². The van der Waals surface area contributed by atoms with Crippen LogP contribution in [0.2, 0.25) is 5.02 Å². The highest BCUT2D eigenvalue weighted by Crippen LogP contribution is 2.29.